The van der Waals surface area contributed by atoms with Crippen LogP contribution in [0.25, 0.3) is 0 Å². The molecule has 0 aliphatic rings. The molecular formula is C18H21N5O3S. The van der Waals surface area contributed by atoms with Gasteiger partial charge in [-0.2, -0.15) is 0 Å². The molecule has 0 unspecified atom stereocenters. The van der Waals surface area contributed by atoms with Crippen LogP contribution in [0.2, 0.25) is 0 Å². The van der Waals surface area contributed by atoms with Crippen LogP contribution in [0.4, 0.5) is 17.3 Å². The maximum atomic E-state index is 12.5. The summed E-state index contributed by atoms with van der Waals surface area (Å²) in [6.45, 7) is 7.37. The molecule has 3 rings (SSSR count). The second-order valence-corrected chi connectivity index (χ2v) is 8.08. The Balaban J connectivity index is 1.72. The highest BCUT2D eigenvalue weighted by Gasteiger charge is 2.24. The van der Waals surface area contributed by atoms with Gasteiger partial charge in [0.1, 0.15) is 5.69 Å². The third-order valence-electron chi connectivity index (χ3n) is 3.99. The average Bonchev–Trinajstić information content (AvgIpc) is 2.96. The largest absolute Gasteiger partial charge is 0.360 e. The zero-order valence-corrected chi connectivity index (χ0v) is 16.3. The molecule has 2 N–H and O–H groups in total. The number of hydrogen-bond acceptors (Lipinski definition) is 7. The highest BCUT2D eigenvalue weighted by Crippen LogP contribution is 2.23. The van der Waals surface area contributed by atoms with Crippen molar-refractivity contribution in [3.05, 3.63) is 53.4 Å². The summed E-state index contributed by atoms with van der Waals surface area (Å²) >= 11 is 0. The summed E-state index contributed by atoms with van der Waals surface area (Å²) in [5.41, 5.74) is 2.41. The van der Waals surface area contributed by atoms with Crippen molar-refractivity contribution < 1.29 is 12.9 Å². The van der Waals surface area contributed by atoms with E-state index in [1.54, 1.807) is 13.0 Å². The Morgan fingerprint density at radius 2 is 1.59 bits per heavy atom. The predicted molar refractivity (Wildman–Crippen MR) is 103 cm³/mol. The second kappa shape index (κ2) is 7.36. The summed E-state index contributed by atoms with van der Waals surface area (Å²) in [7, 11) is -3.85. The van der Waals surface area contributed by atoms with Gasteiger partial charge in [-0.25, -0.2) is 8.42 Å². The molecular weight excluding hydrogens is 366 g/mol. The lowest BCUT2D eigenvalue weighted by Gasteiger charge is -2.09. The van der Waals surface area contributed by atoms with Gasteiger partial charge in [0.25, 0.3) is 10.0 Å². The van der Waals surface area contributed by atoms with E-state index >= 15 is 0 Å². The molecule has 0 fully saturated rings. The van der Waals surface area contributed by atoms with Crippen molar-refractivity contribution in [3.8, 4) is 0 Å². The van der Waals surface area contributed by atoms with Crippen LogP contribution in [0.3, 0.4) is 0 Å². The van der Waals surface area contributed by atoms with Crippen molar-refractivity contribution in [2.45, 2.75) is 38.5 Å². The molecule has 0 saturated carbocycles. The zero-order valence-electron chi connectivity index (χ0n) is 15.5. The SMILES string of the molecule is Cc1noc(C)c1S(=O)(=O)Nc1ccc(Nc2ccc(C(C)C)cc2)nn1. The van der Waals surface area contributed by atoms with Gasteiger partial charge in [0.15, 0.2) is 22.3 Å². The molecule has 0 radical (unpaired) electrons. The standard InChI is InChI=1S/C18H21N5O3S/c1-11(2)14-5-7-15(8-6-14)19-16-9-10-17(21-20-16)23-27(24,25)18-12(3)22-26-13(18)4/h5-11H,1-4H3,(H,19,20)(H,21,23). The van der Waals surface area contributed by atoms with Crippen molar-refractivity contribution in [1.82, 2.24) is 15.4 Å². The Labute approximate surface area is 158 Å². The van der Waals surface area contributed by atoms with Crippen LogP contribution in [-0.2, 0) is 10.0 Å². The van der Waals surface area contributed by atoms with Gasteiger partial charge in [-0.3, -0.25) is 4.72 Å². The normalized spacial score (nSPS) is 11.6. The summed E-state index contributed by atoms with van der Waals surface area (Å²) in [4.78, 5) is 0.0109. The smallest absolute Gasteiger partial charge is 0.268 e. The first-order valence-electron chi connectivity index (χ1n) is 8.42. The Morgan fingerprint density at radius 1 is 0.963 bits per heavy atom. The van der Waals surface area contributed by atoms with E-state index in [0.29, 0.717) is 11.7 Å². The highest BCUT2D eigenvalue weighted by molar-refractivity contribution is 7.92. The molecule has 0 bridgehead atoms. The first kappa shape index (κ1) is 18.8. The van der Waals surface area contributed by atoms with Crippen LogP contribution in [0, 0.1) is 13.8 Å². The van der Waals surface area contributed by atoms with Crippen LogP contribution in [-0.4, -0.2) is 23.8 Å². The van der Waals surface area contributed by atoms with E-state index in [0.717, 1.165) is 5.69 Å². The molecule has 0 atom stereocenters. The van der Waals surface area contributed by atoms with Gasteiger partial charge in [-0.15, -0.1) is 10.2 Å². The average molecular weight is 387 g/mol. The molecule has 0 aliphatic heterocycles. The maximum absolute atomic E-state index is 12.5. The number of aryl methyl sites for hydroxylation is 2. The van der Waals surface area contributed by atoms with Crippen LogP contribution in [0.15, 0.2) is 45.8 Å². The fourth-order valence-electron chi connectivity index (χ4n) is 2.60. The molecule has 2 heterocycles. The molecule has 0 spiro atoms. The molecule has 8 nitrogen and oxygen atoms in total. The van der Waals surface area contributed by atoms with Gasteiger partial charge in [-0.1, -0.05) is 31.1 Å². The Kier molecular flexibility index (Phi) is 5.13. The Hall–Kier alpha value is -2.94. The zero-order chi connectivity index (χ0) is 19.6. The number of benzene rings is 1. The second-order valence-electron chi connectivity index (χ2n) is 6.46. The van der Waals surface area contributed by atoms with Crippen molar-refractivity contribution in [3.63, 3.8) is 0 Å². The van der Waals surface area contributed by atoms with Gasteiger partial charge >= 0.3 is 0 Å². The number of anilines is 3. The molecule has 27 heavy (non-hydrogen) atoms. The van der Waals surface area contributed by atoms with Gasteiger partial charge in [-0.05, 0) is 49.6 Å². The van der Waals surface area contributed by atoms with Crippen LogP contribution in [0.5, 0.6) is 0 Å². The molecule has 0 aliphatic carbocycles. The van der Waals surface area contributed by atoms with E-state index in [4.69, 9.17) is 4.52 Å². The van der Waals surface area contributed by atoms with E-state index in [1.807, 2.05) is 24.3 Å². The van der Waals surface area contributed by atoms with Crippen LogP contribution < -0.4 is 10.0 Å². The van der Waals surface area contributed by atoms with E-state index in [1.165, 1.54) is 18.6 Å². The van der Waals surface area contributed by atoms with Crippen molar-refractivity contribution in [2.75, 3.05) is 10.0 Å². The number of nitrogens with one attached hydrogen (secondary N) is 2. The molecule has 1 aromatic carbocycles. The molecule has 0 amide bonds. The summed E-state index contributed by atoms with van der Waals surface area (Å²) in [5, 5.41) is 14.7. The first-order valence-corrected chi connectivity index (χ1v) is 9.91. The minimum atomic E-state index is -3.85. The quantitative estimate of drug-likeness (QED) is 0.663. The Bertz CT molecular complexity index is 1010. The minimum Gasteiger partial charge on any atom is -0.360 e. The van der Waals surface area contributed by atoms with Gasteiger partial charge < -0.3 is 9.84 Å². The van der Waals surface area contributed by atoms with Crippen molar-refractivity contribution >= 4 is 27.3 Å². The summed E-state index contributed by atoms with van der Waals surface area (Å²) in [5.74, 6) is 1.29. The van der Waals surface area contributed by atoms with Gasteiger partial charge in [0.05, 0.1) is 0 Å². The molecule has 2 aromatic heterocycles. The lowest BCUT2D eigenvalue weighted by atomic mass is 10.0. The third-order valence-corrected chi connectivity index (χ3v) is 5.59. The van der Waals surface area contributed by atoms with Gasteiger partial charge in [0, 0.05) is 5.69 Å². The topological polar surface area (TPSA) is 110 Å². The fourth-order valence-corrected chi connectivity index (χ4v) is 3.93. The minimum absolute atomic E-state index is 0.0109. The van der Waals surface area contributed by atoms with Crippen LogP contribution in [0.1, 0.15) is 36.8 Å². The summed E-state index contributed by atoms with van der Waals surface area (Å²) < 4.78 is 32.2. The molecule has 142 valence electrons. The summed E-state index contributed by atoms with van der Waals surface area (Å²) in [6, 6.07) is 11.2. The third kappa shape index (κ3) is 4.25. The van der Waals surface area contributed by atoms with Gasteiger partial charge in [0.2, 0.25) is 0 Å². The van der Waals surface area contributed by atoms with Crippen molar-refractivity contribution in [1.29, 1.82) is 0 Å². The highest BCUT2D eigenvalue weighted by atomic mass is 32.2. The maximum Gasteiger partial charge on any atom is 0.268 e. The predicted octanol–water partition coefficient (Wildman–Crippen LogP) is 3.75. The van der Waals surface area contributed by atoms with E-state index in [2.05, 4.69) is 39.2 Å². The molecule has 0 saturated heterocycles. The molecule has 3 aromatic rings. The van der Waals surface area contributed by atoms with E-state index in [-0.39, 0.29) is 22.2 Å². The number of rotatable bonds is 6. The number of aromatic nitrogens is 3. The van der Waals surface area contributed by atoms with E-state index in [9.17, 15) is 8.42 Å². The molecule has 9 heteroatoms. The summed E-state index contributed by atoms with van der Waals surface area (Å²) in [6.07, 6.45) is 0. The monoisotopic (exact) mass is 387 g/mol. The lowest BCUT2D eigenvalue weighted by molar-refractivity contribution is 0.390. The van der Waals surface area contributed by atoms with Crippen molar-refractivity contribution in [2.24, 2.45) is 0 Å². The van der Waals surface area contributed by atoms with Crippen LogP contribution >= 0.6 is 0 Å². The first-order chi connectivity index (χ1) is 12.8. The number of hydrogen-bond donors (Lipinski definition) is 2. The number of sulfonamides is 1. The lowest BCUT2D eigenvalue weighted by Crippen LogP contribution is -2.15. The van der Waals surface area contributed by atoms with E-state index < -0.39 is 10.0 Å². The number of nitrogens with zero attached hydrogens (tertiary/aromatic N) is 3. The fraction of sp³-hybridized carbons (Fsp3) is 0.278. The Morgan fingerprint density at radius 3 is 2.11 bits per heavy atom.